The molecule has 1 N–H and O–H groups in total. The van der Waals surface area contributed by atoms with Gasteiger partial charge in [0.2, 0.25) is 0 Å². The Morgan fingerprint density at radius 1 is 1.33 bits per heavy atom. The van der Waals surface area contributed by atoms with E-state index < -0.39 is 11.6 Å². The van der Waals surface area contributed by atoms with Gasteiger partial charge in [0, 0.05) is 24.2 Å². The minimum Gasteiger partial charge on any atom is -0.310 e. The molecule has 1 atom stereocenters. The van der Waals surface area contributed by atoms with Gasteiger partial charge in [0.1, 0.15) is 11.6 Å². The summed E-state index contributed by atoms with van der Waals surface area (Å²) in [6.45, 7) is 5.06. The lowest BCUT2D eigenvalue weighted by molar-refractivity contribution is 0.392. The van der Waals surface area contributed by atoms with E-state index in [-0.39, 0.29) is 6.04 Å². The molecule has 3 heteroatoms. The maximum absolute atomic E-state index is 13.6. The Morgan fingerprint density at radius 2 is 2.06 bits per heavy atom. The van der Waals surface area contributed by atoms with Gasteiger partial charge >= 0.3 is 0 Å². The lowest BCUT2D eigenvalue weighted by atomic mass is 9.99. The van der Waals surface area contributed by atoms with Crippen molar-refractivity contribution in [2.24, 2.45) is 5.41 Å². The van der Waals surface area contributed by atoms with E-state index in [1.807, 2.05) is 6.92 Å². The first kappa shape index (κ1) is 13.5. The van der Waals surface area contributed by atoms with E-state index in [4.69, 9.17) is 0 Å². The fourth-order valence-electron chi connectivity index (χ4n) is 2.55. The lowest BCUT2D eigenvalue weighted by Crippen LogP contribution is -2.27. The molecule has 1 aliphatic carbocycles. The van der Waals surface area contributed by atoms with Crippen LogP contribution in [0.4, 0.5) is 8.78 Å². The smallest absolute Gasteiger partial charge is 0.130 e. The zero-order valence-electron chi connectivity index (χ0n) is 11.1. The first-order chi connectivity index (χ1) is 8.56. The molecule has 1 fully saturated rings. The van der Waals surface area contributed by atoms with Crippen molar-refractivity contribution >= 4 is 0 Å². The predicted octanol–water partition coefficient (Wildman–Crippen LogP) is 4.20. The standard InChI is InChI=1S/C15H21F2N/c1-3-6-15(7-8-15)10-18-11(2)13-5-4-12(16)9-14(13)17/h4-5,9,11,18H,3,6-8,10H2,1-2H3. The Balaban J connectivity index is 1.93. The molecule has 0 heterocycles. The van der Waals surface area contributed by atoms with Crippen LogP contribution in [0.2, 0.25) is 0 Å². The highest BCUT2D eigenvalue weighted by molar-refractivity contribution is 5.21. The summed E-state index contributed by atoms with van der Waals surface area (Å²) >= 11 is 0. The quantitative estimate of drug-likeness (QED) is 0.801. The van der Waals surface area contributed by atoms with E-state index in [9.17, 15) is 8.78 Å². The summed E-state index contributed by atoms with van der Waals surface area (Å²) in [5, 5.41) is 3.38. The van der Waals surface area contributed by atoms with Crippen LogP contribution in [-0.2, 0) is 0 Å². The predicted molar refractivity (Wildman–Crippen MR) is 69.4 cm³/mol. The molecule has 1 aliphatic rings. The summed E-state index contributed by atoms with van der Waals surface area (Å²) < 4.78 is 26.4. The summed E-state index contributed by atoms with van der Waals surface area (Å²) in [7, 11) is 0. The largest absolute Gasteiger partial charge is 0.310 e. The number of halogens is 2. The van der Waals surface area contributed by atoms with Crippen molar-refractivity contribution in [1.29, 1.82) is 0 Å². The SMILES string of the molecule is CCCC1(CNC(C)c2ccc(F)cc2F)CC1. The molecule has 18 heavy (non-hydrogen) atoms. The highest BCUT2D eigenvalue weighted by Gasteiger charge is 2.41. The zero-order chi connectivity index (χ0) is 13.2. The van der Waals surface area contributed by atoms with Crippen molar-refractivity contribution < 1.29 is 8.78 Å². The maximum Gasteiger partial charge on any atom is 0.130 e. The van der Waals surface area contributed by atoms with Crippen molar-refractivity contribution in [3.05, 3.63) is 35.4 Å². The van der Waals surface area contributed by atoms with E-state index in [1.54, 1.807) is 0 Å². The highest BCUT2D eigenvalue weighted by atomic mass is 19.1. The van der Waals surface area contributed by atoms with Gasteiger partial charge in [-0.2, -0.15) is 0 Å². The molecule has 0 aliphatic heterocycles. The lowest BCUT2D eigenvalue weighted by Gasteiger charge is -2.20. The van der Waals surface area contributed by atoms with Crippen molar-refractivity contribution in [3.8, 4) is 0 Å². The fraction of sp³-hybridized carbons (Fsp3) is 0.600. The minimum atomic E-state index is -0.520. The Bertz CT molecular complexity index is 413. The van der Waals surface area contributed by atoms with Gasteiger partial charge in [-0.05, 0) is 37.7 Å². The summed E-state index contributed by atoms with van der Waals surface area (Å²) in [5.74, 6) is -0.983. The molecular weight excluding hydrogens is 232 g/mol. The van der Waals surface area contributed by atoms with E-state index in [0.717, 1.165) is 12.6 Å². The molecule has 1 aromatic carbocycles. The van der Waals surface area contributed by atoms with E-state index >= 15 is 0 Å². The van der Waals surface area contributed by atoms with E-state index in [2.05, 4.69) is 12.2 Å². The second-order valence-corrected chi connectivity index (χ2v) is 5.52. The fourth-order valence-corrected chi connectivity index (χ4v) is 2.55. The van der Waals surface area contributed by atoms with Crippen molar-refractivity contribution in [2.45, 2.75) is 45.6 Å². The van der Waals surface area contributed by atoms with Crippen LogP contribution in [0.3, 0.4) is 0 Å². The van der Waals surface area contributed by atoms with Crippen LogP contribution < -0.4 is 5.32 Å². The Labute approximate surface area is 108 Å². The topological polar surface area (TPSA) is 12.0 Å². The number of nitrogens with one attached hydrogen (secondary N) is 1. The normalized spacial score (nSPS) is 18.7. The van der Waals surface area contributed by atoms with Crippen molar-refractivity contribution in [3.63, 3.8) is 0 Å². The molecule has 0 aromatic heterocycles. The van der Waals surface area contributed by atoms with Crippen LogP contribution in [0, 0.1) is 17.0 Å². The third kappa shape index (κ3) is 3.08. The molecule has 1 unspecified atom stereocenters. The minimum absolute atomic E-state index is 0.0695. The van der Waals surface area contributed by atoms with Crippen LogP contribution >= 0.6 is 0 Å². The van der Waals surface area contributed by atoms with Gasteiger partial charge in [-0.15, -0.1) is 0 Å². The van der Waals surface area contributed by atoms with Gasteiger partial charge in [0.05, 0.1) is 0 Å². The van der Waals surface area contributed by atoms with Gasteiger partial charge in [-0.25, -0.2) is 8.78 Å². The Hall–Kier alpha value is -0.960. The maximum atomic E-state index is 13.6. The van der Waals surface area contributed by atoms with Crippen LogP contribution in [0.1, 0.15) is 51.1 Å². The van der Waals surface area contributed by atoms with E-state index in [1.165, 1.54) is 37.8 Å². The summed E-state index contributed by atoms with van der Waals surface area (Å²) in [4.78, 5) is 0. The van der Waals surface area contributed by atoms with Gasteiger partial charge in [0.25, 0.3) is 0 Å². The third-order valence-electron chi connectivity index (χ3n) is 3.95. The van der Waals surface area contributed by atoms with Crippen molar-refractivity contribution in [1.82, 2.24) is 5.32 Å². The molecule has 2 rings (SSSR count). The summed E-state index contributed by atoms with van der Waals surface area (Å²) in [6, 6.07) is 3.73. The Morgan fingerprint density at radius 3 is 2.61 bits per heavy atom. The van der Waals surface area contributed by atoms with Gasteiger partial charge in [0.15, 0.2) is 0 Å². The van der Waals surface area contributed by atoms with Crippen LogP contribution in [0.25, 0.3) is 0 Å². The van der Waals surface area contributed by atoms with Crippen molar-refractivity contribution in [2.75, 3.05) is 6.54 Å². The first-order valence-corrected chi connectivity index (χ1v) is 6.75. The molecule has 0 amide bonds. The summed E-state index contributed by atoms with van der Waals surface area (Å²) in [5.41, 5.74) is 0.989. The van der Waals surface area contributed by atoms with E-state index in [0.29, 0.717) is 11.0 Å². The monoisotopic (exact) mass is 253 g/mol. The molecule has 1 aromatic rings. The van der Waals surface area contributed by atoms with Gasteiger partial charge in [-0.1, -0.05) is 19.4 Å². The molecule has 1 saturated carbocycles. The second-order valence-electron chi connectivity index (χ2n) is 5.52. The molecule has 0 bridgehead atoms. The molecule has 0 spiro atoms. The average Bonchev–Trinajstić information content (AvgIpc) is 3.07. The second kappa shape index (κ2) is 5.35. The number of hydrogen-bond acceptors (Lipinski definition) is 1. The average molecular weight is 253 g/mol. The van der Waals surface area contributed by atoms with Crippen LogP contribution in [0.5, 0.6) is 0 Å². The number of benzene rings is 1. The molecule has 0 saturated heterocycles. The summed E-state index contributed by atoms with van der Waals surface area (Å²) in [6.07, 6.45) is 4.97. The van der Waals surface area contributed by atoms with Crippen LogP contribution in [-0.4, -0.2) is 6.54 Å². The van der Waals surface area contributed by atoms with Gasteiger partial charge in [-0.3, -0.25) is 0 Å². The first-order valence-electron chi connectivity index (χ1n) is 6.75. The molecule has 0 radical (unpaired) electrons. The zero-order valence-corrected chi connectivity index (χ0v) is 11.1. The Kier molecular flexibility index (Phi) is 4.00. The highest BCUT2D eigenvalue weighted by Crippen LogP contribution is 2.49. The van der Waals surface area contributed by atoms with Crippen LogP contribution in [0.15, 0.2) is 18.2 Å². The number of hydrogen-bond donors (Lipinski definition) is 1. The molecular formula is C15H21F2N. The molecule has 100 valence electrons. The third-order valence-corrected chi connectivity index (χ3v) is 3.95. The molecule has 1 nitrogen and oxygen atoms in total. The number of rotatable bonds is 6. The van der Waals surface area contributed by atoms with Gasteiger partial charge < -0.3 is 5.32 Å².